The molecule has 0 atom stereocenters. The van der Waals surface area contributed by atoms with Gasteiger partial charge in [0.25, 0.3) is 10.0 Å². The van der Waals surface area contributed by atoms with Crippen molar-refractivity contribution in [3.63, 3.8) is 0 Å². The van der Waals surface area contributed by atoms with Crippen LogP contribution in [0.15, 0.2) is 59.5 Å². The third kappa shape index (κ3) is 6.79. The Morgan fingerprint density at radius 1 is 0.927 bits per heavy atom. The predicted molar refractivity (Wildman–Crippen MR) is 158 cm³/mol. The van der Waals surface area contributed by atoms with Crippen molar-refractivity contribution in [2.24, 2.45) is 5.92 Å². The number of fused-ring (bicyclic) bond motifs is 1. The van der Waals surface area contributed by atoms with E-state index in [4.69, 9.17) is 14.2 Å². The van der Waals surface area contributed by atoms with E-state index in [0.717, 1.165) is 34.8 Å². The fraction of sp³-hybridized carbons (Fsp3) is 0.438. The summed E-state index contributed by atoms with van der Waals surface area (Å²) in [7, 11) is -1.09. The van der Waals surface area contributed by atoms with Crippen molar-refractivity contribution in [3.8, 4) is 17.2 Å². The molecule has 1 N–H and O–H groups in total. The maximum atomic E-state index is 15.8. The van der Waals surface area contributed by atoms with Crippen LogP contribution < -0.4 is 23.8 Å². The SMILES string of the molecule is COc1ccc(CN(c2ccc(OCCC3CCCCC3)cc2F)S(=O)(=O)c2ccc3c(c2)CCNC3)c(OC)c1. The third-order valence-corrected chi connectivity index (χ3v) is 9.92. The molecule has 1 aliphatic heterocycles. The highest BCUT2D eigenvalue weighted by atomic mass is 32.2. The van der Waals surface area contributed by atoms with Gasteiger partial charge in [-0.05, 0) is 72.8 Å². The van der Waals surface area contributed by atoms with Crippen molar-refractivity contribution < 1.29 is 27.0 Å². The number of anilines is 1. The Kier molecular flexibility index (Phi) is 9.35. The van der Waals surface area contributed by atoms with Gasteiger partial charge in [0.15, 0.2) is 5.82 Å². The van der Waals surface area contributed by atoms with E-state index in [2.05, 4.69) is 5.32 Å². The highest BCUT2D eigenvalue weighted by Crippen LogP contribution is 2.35. The lowest BCUT2D eigenvalue weighted by atomic mass is 9.87. The van der Waals surface area contributed by atoms with Crippen LogP contribution in [0.1, 0.15) is 55.2 Å². The van der Waals surface area contributed by atoms with Crippen LogP contribution in [0.3, 0.4) is 0 Å². The average molecular weight is 583 g/mol. The summed E-state index contributed by atoms with van der Waals surface area (Å²) >= 11 is 0. The van der Waals surface area contributed by atoms with Gasteiger partial charge in [0.2, 0.25) is 0 Å². The fourth-order valence-corrected chi connectivity index (χ4v) is 7.28. The molecule has 0 aromatic heterocycles. The van der Waals surface area contributed by atoms with Gasteiger partial charge >= 0.3 is 0 Å². The molecule has 3 aromatic rings. The van der Waals surface area contributed by atoms with E-state index in [-0.39, 0.29) is 17.1 Å². The second-order valence-corrected chi connectivity index (χ2v) is 12.7. The van der Waals surface area contributed by atoms with Crippen molar-refractivity contribution in [3.05, 3.63) is 77.1 Å². The molecule has 41 heavy (non-hydrogen) atoms. The van der Waals surface area contributed by atoms with Crippen LogP contribution >= 0.6 is 0 Å². The van der Waals surface area contributed by atoms with Gasteiger partial charge < -0.3 is 19.5 Å². The normalized spacial score (nSPS) is 15.7. The van der Waals surface area contributed by atoms with Gasteiger partial charge in [0.05, 0.1) is 38.0 Å². The number of nitrogens with one attached hydrogen (secondary N) is 1. The molecule has 1 aliphatic carbocycles. The summed E-state index contributed by atoms with van der Waals surface area (Å²) in [6, 6.07) is 14.7. The number of methoxy groups -OCH3 is 2. The number of benzene rings is 3. The molecule has 220 valence electrons. The minimum Gasteiger partial charge on any atom is -0.497 e. The zero-order valence-electron chi connectivity index (χ0n) is 23.8. The standard InChI is InChI=1S/C32H39FN2O5S/c1-38-27-10-8-26(32(20-27)39-2)22-35(41(36,37)29-12-9-25-21-34-16-14-24(25)18-29)31-13-11-28(19-30(31)33)40-17-15-23-6-4-3-5-7-23/h8-13,18-20,23,34H,3-7,14-17,21-22H2,1-2H3. The van der Waals surface area contributed by atoms with E-state index in [0.29, 0.717) is 41.9 Å². The van der Waals surface area contributed by atoms with Crippen LogP contribution in [0.4, 0.5) is 10.1 Å². The van der Waals surface area contributed by atoms with Crippen molar-refractivity contribution >= 4 is 15.7 Å². The van der Waals surface area contributed by atoms with E-state index in [1.165, 1.54) is 51.3 Å². The minimum atomic E-state index is -4.15. The first-order valence-corrected chi connectivity index (χ1v) is 15.8. The quantitative estimate of drug-likeness (QED) is 0.289. The molecule has 0 amide bonds. The molecule has 1 saturated carbocycles. The lowest BCUT2D eigenvalue weighted by Gasteiger charge is -2.27. The molecule has 2 aliphatic rings. The van der Waals surface area contributed by atoms with E-state index >= 15 is 4.39 Å². The molecule has 0 unspecified atom stereocenters. The number of rotatable bonds is 11. The topological polar surface area (TPSA) is 77.1 Å². The van der Waals surface area contributed by atoms with Crippen molar-refractivity contribution in [2.75, 3.05) is 31.7 Å². The van der Waals surface area contributed by atoms with Gasteiger partial charge in [-0.25, -0.2) is 12.8 Å². The van der Waals surface area contributed by atoms with Gasteiger partial charge in [-0.2, -0.15) is 0 Å². The Bertz CT molecular complexity index is 1460. The van der Waals surface area contributed by atoms with Crippen molar-refractivity contribution in [1.82, 2.24) is 5.32 Å². The van der Waals surface area contributed by atoms with Gasteiger partial charge in [-0.1, -0.05) is 38.2 Å². The Morgan fingerprint density at radius 3 is 2.49 bits per heavy atom. The molecule has 9 heteroatoms. The second-order valence-electron chi connectivity index (χ2n) is 10.8. The van der Waals surface area contributed by atoms with Gasteiger partial charge in [-0.15, -0.1) is 0 Å². The molecular formula is C32H39FN2O5S. The molecule has 1 heterocycles. The van der Waals surface area contributed by atoms with Crippen molar-refractivity contribution in [1.29, 1.82) is 0 Å². The zero-order chi connectivity index (χ0) is 28.8. The summed E-state index contributed by atoms with van der Waals surface area (Å²) in [6.07, 6.45) is 7.93. The first kappa shape index (κ1) is 29.2. The molecule has 0 radical (unpaired) electrons. The van der Waals surface area contributed by atoms with Crippen LogP contribution in [-0.4, -0.2) is 35.8 Å². The Balaban J connectivity index is 1.46. The van der Waals surface area contributed by atoms with Crippen molar-refractivity contribution in [2.45, 2.75) is 62.9 Å². The molecule has 5 rings (SSSR count). The lowest BCUT2D eigenvalue weighted by molar-refractivity contribution is 0.245. The first-order chi connectivity index (χ1) is 19.9. The number of ether oxygens (including phenoxy) is 3. The molecular weight excluding hydrogens is 543 g/mol. The summed E-state index contributed by atoms with van der Waals surface area (Å²) in [5.74, 6) is 1.40. The second kappa shape index (κ2) is 13.1. The van der Waals surface area contributed by atoms with Gasteiger partial charge in [-0.3, -0.25) is 4.31 Å². The monoisotopic (exact) mass is 582 g/mol. The van der Waals surface area contributed by atoms with E-state index in [1.54, 1.807) is 43.5 Å². The van der Waals surface area contributed by atoms with Gasteiger partial charge in [0.1, 0.15) is 17.2 Å². The predicted octanol–water partition coefficient (Wildman–Crippen LogP) is 6.23. The summed E-state index contributed by atoms with van der Waals surface area (Å²) in [4.78, 5) is 0.123. The van der Waals surface area contributed by atoms with Crippen LogP contribution in [-0.2, 0) is 29.5 Å². The Morgan fingerprint density at radius 2 is 1.73 bits per heavy atom. The van der Waals surface area contributed by atoms with E-state index in [1.807, 2.05) is 6.07 Å². The maximum absolute atomic E-state index is 15.8. The highest BCUT2D eigenvalue weighted by Gasteiger charge is 2.30. The van der Waals surface area contributed by atoms with E-state index < -0.39 is 15.8 Å². The fourth-order valence-electron chi connectivity index (χ4n) is 5.78. The Labute approximate surface area is 242 Å². The number of hydrogen-bond acceptors (Lipinski definition) is 6. The number of hydrogen-bond donors (Lipinski definition) is 1. The Hall–Kier alpha value is -3.30. The molecule has 7 nitrogen and oxygen atoms in total. The highest BCUT2D eigenvalue weighted by molar-refractivity contribution is 7.92. The third-order valence-electron chi connectivity index (χ3n) is 8.17. The minimum absolute atomic E-state index is 0.0538. The first-order valence-electron chi connectivity index (χ1n) is 14.4. The van der Waals surface area contributed by atoms with Crippen LogP contribution in [0.25, 0.3) is 0 Å². The summed E-state index contributed by atoms with van der Waals surface area (Å²) in [6.45, 7) is 1.85. The zero-order valence-corrected chi connectivity index (χ0v) is 24.6. The molecule has 0 spiro atoms. The van der Waals surface area contributed by atoms with Crippen LogP contribution in [0.2, 0.25) is 0 Å². The smallest absolute Gasteiger partial charge is 0.264 e. The number of sulfonamides is 1. The summed E-state index contributed by atoms with van der Waals surface area (Å²) < 4.78 is 62.0. The summed E-state index contributed by atoms with van der Waals surface area (Å²) in [5, 5.41) is 3.30. The molecule has 3 aromatic carbocycles. The largest absolute Gasteiger partial charge is 0.497 e. The number of halogens is 1. The van der Waals surface area contributed by atoms with E-state index in [9.17, 15) is 8.42 Å². The molecule has 0 bridgehead atoms. The van der Waals surface area contributed by atoms with Gasteiger partial charge in [0, 0.05) is 24.2 Å². The maximum Gasteiger partial charge on any atom is 0.264 e. The average Bonchev–Trinajstić information content (AvgIpc) is 3.00. The number of nitrogens with zero attached hydrogens (tertiary/aromatic N) is 1. The molecule has 0 saturated heterocycles. The molecule has 1 fully saturated rings. The van der Waals surface area contributed by atoms with Crippen LogP contribution in [0.5, 0.6) is 17.2 Å². The summed E-state index contributed by atoms with van der Waals surface area (Å²) in [5.41, 5.74) is 2.57. The lowest BCUT2D eigenvalue weighted by Crippen LogP contribution is -2.32. The van der Waals surface area contributed by atoms with Crippen LogP contribution in [0, 0.1) is 11.7 Å².